The van der Waals surface area contributed by atoms with Crippen molar-refractivity contribution in [3.8, 4) is 0 Å². The van der Waals surface area contributed by atoms with E-state index in [1.807, 2.05) is 6.92 Å². The molecule has 0 aliphatic carbocycles. The van der Waals surface area contributed by atoms with Gasteiger partial charge in [0.2, 0.25) is 0 Å². The number of rotatable bonds is 8. The van der Waals surface area contributed by atoms with Crippen LogP contribution in [-0.2, 0) is 4.79 Å². The number of hydrogen-bond acceptors (Lipinski definition) is 4. The van der Waals surface area contributed by atoms with E-state index in [2.05, 4.69) is 15.3 Å². The van der Waals surface area contributed by atoms with Crippen molar-refractivity contribution in [3.05, 3.63) is 18.1 Å². The van der Waals surface area contributed by atoms with Crippen LogP contribution in [-0.4, -0.2) is 27.6 Å². The number of hydrogen-bond donors (Lipinski definition) is 2. The van der Waals surface area contributed by atoms with E-state index in [1.165, 1.54) is 0 Å². The lowest BCUT2D eigenvalue weighted by Crippen LogP contribution is -2.05. The number of carbonyl (C=O) groups is 1. The first kappa shape index (κ1) is 13.4. The molecule has 0 saturated carbocycles. The zero-order valence-electron chi connectivity index (χ0n) is 10.1. The molecule has 17 heavy (non-hydrogen) atoms. The summed E-state index contributed by atoms with van der Waals surface area (Å²) in [5, 5.41) is 11.7. The fourth-order valence-corrected chi connectivity index (χ4v) is 1.54. The van der Waals surface area contributed by atoms with Gasteiger partial charge in [0.25, 0.3) is 0 Å². The van der Waals surface area contributed by atoms with E-state index < -0.39 is 5.97 Å². The molecule has 0 aliphatic rings. The Hall–Kier alpha value is -1.65. The summed E-state index contributed by atoms with van der Waals surface area (Å²) in [7, 11) is 0. The molecule has 0 aromatic carbocycles. The van der Waals surface area contributed by atoms with Gasteiger partial charge in [0, 0.05) is 25.4 Å². The van der Waals surface area contributed by atoms with Crippen LogP contribution in [0.3, 0.4) is 0 Å². The van der Waals surface area contributed by atoms with Crippen LogP contribution in [0.2, 0.25) is 0 Å². The molecule has 1 aromatic rings. The molecule has 0 aliphatic heterocycles. The molecule has 0 saturated heterocycles. The van der Waals surface area contributed by atoms with Gasteiger partial charge in [-0.1, -0.05) is 12.8 Å². The number of aromatic nitrogens is 2. The SMILES string of the molecule is Cc1nccnc1NCCCCCCC(=O)O. The van der Waals surface area contributed by atoms with Gasteiger partial charge >= 0.3 is 5.97 Å². The molecule has 1 aromatic heterocycles. The molecular weight excluding hydrogens is 218 g/mol. The maximum atomic E-state index is 10.3. The number of nitrogens with zero attached hydrogens (tertiary/aromatic N) is 2. The highest BCUT2D eigenvalue weighted by molar-refractivity contribution is 5.66. The quantitative estimate of drug-likeness (QED) is 0.678. The lowest BCUT2D eigenvalue weighted by molar-refractivity contribution is -0.137. The molecule has 5 heteroatoms. The predicted molar refractivity (Wildman–Crippen MR) is 66.0 cm³/mol. The summed E-state index contributed by atoms with van der Waals surface area (Å²) in [4.78, 5) is 18.6. The lowest BCUT2D eigenvalue weighted by atomic mass is 10.1. The number of carboxylic acids is 1. The van der Waals surface area contributed by atoms with Crippen LogP contribution in [0, 0.1) is 6.92 Å². The summed E-state index contributed by atoms with van der Waals surface area (Å²) in [5.41, 5.74) is 0.901. The highest BCUT2D eigenvalue weighted by Crippen LogP contribution is 2.07. The molecule has 0 amide bonds. The third-order valence-electron chi connectivity index (χ3n) is 2.49. The van der Waals surface area contributed by atoms with Crippen LogP contribution in [0.5, 0.6) is 0 Å². The Morgan fingerprint density at radius 3 is 2.65 bits per heavy atom. The molecule has 0 atom stereocenters. The van der Waals surface area contributed by atoms with Gasteiger partial charge < -0.3 is 10.4 Å². The van der Waals surface area contributed by atoms with Gasteiger partial charge in [0.1, 0.15) is 5.82 Å². The first-order valence-electron chi connectivity index (χ1n) is 5.93. The second-order valence-electron chi connectivity index (χ2n) is 3.98. The smallest absolute Gasteiger partial charge is 0.303 e. The molecule has 0 unspecified atom stereocenters. The van der Waals surface area contributed by atoms with Gasteiger partial charge in [0.05, 0.1) is 5.69 Å². The highest BCUT2D eigenvalue weighted by Gasteiger charge is 1.99. The van der Waals surface area contributed by atoms with Crippen LogP contribution in [0.15, 0.2) is 12.4 Å². The summed E-state index contributed by atoms with van der Waals surface area (Å²) < 4.78 is 0. The Morgan fingerprint density at radius 2 is 1.94 bits per heavy atom. The van der Waals surface area contributed by atoms with Gasteiger partial charge in [-0.2, -0.15) is 0 Å². The topological polar surface area (TPSA) is 75.1 Å². The van der Waals surface area contributed by atoms with Crippen LogP contribution in [0.4, 0.5) is 5.82 Å². The largest absolute Gasteiger partial charge is 0.481 e. The normalized spacial score (nSPS) is 10.2. The Balaban J connectivity index is 2.05. The second-order valence-corrected chi connectivity index (χ2v) is 3.98. The average molecular weight is 237 g/mol. The Morgan fingerprint density at radius 1 is 1.24 bits per heavy atom. The zero-order chi connectivity index (χ0) is 12.5. The molecule has 2 N–H and O–H groups in total. The Labute approximate surface area is 101 Å². The Bertz CT molecular complexity index is 355. The number of carboxylic acid groups (broad SMARTS) is 1. The van der Waals surface area contributed by atoms with E-state index in [9.17, 15) is 4.79 Å². The molecule has 5 nitrogen and oxygen atoms in total. The maximum absolute atomic E-state index is 10.3. The number of nitrogens with one attached hydrogen (secondary N) is 1. The molecule has 94 valence electrons. The fourth-order valence-electron chi connectivity index (χ4n) is 1.54. The van der Waals surface area contributed by atoms with E-state index in [-0.39, 0.29) is 6.42 Å². The molecule has 0 spiro atoms. The maximum Gasteiger partial charge on any atom is 0.303 e. The third kappa shape index (κ3) is 5.85. The van der Waals surface area contributed by atoms with E-state index >= 15 is 0 Å². The van der Waals surface area contributed by atoms with Gasteiger partial charge in [-0.05, 0) is 19.8 Å². The van der Waals surface area contributed by atoms with E-state index in [4.69, 9.17) is 5.11 Å². The van der Waals surface area contributed by atoms with Crippen molar-refractivity contribution in [2.24, 2.45) is 0 Å². The zero-order valence-corrected chi connectivity index (χ0v) is 10.1. The molecule has 0 radical (unpaired) electrons. The molecule has 1 heterocycles. The van der Waals surface area contributed by atoms with Gasteiger partial charge in [-0.15, -0.1) is 0 Å². The number of aryl methyl sites for hydroxylation is 1. The summed E-state index contributed by atoms with van der Waals surface area (Å²) >= 11 is 0. The van der Waals surface area contributed by atoms with Crippen molar-refractivity contribution in [2.75, 3.05) is 11.9 Å². The standard InChI is InChI=1S/C12H19N3O2/c1-10-12(15-9-8-13-10)14-7-5-3-2-4-6-11(16)17/h8-9H,2-7H2,1H3,(H,14,15)(H,16,17). The highest BCUT2D eigenvalue weighted by atomic mass is 16.4. The van der Waals surface area contributed by atoms with Crippen molar-refractivity contribution >= 4 is 11.8 Å². The van der Waals surface area contributed by atoms with Crippen molar-refractivity contribution in [2.45, 2.75) is 39.0 Å². The molecule has 1 rings (SSSR count). The number of unbranched alkanes of at least 4 members (excludes halogenated alkanes) is 3. The van der Waals surface area contributed by atoms with Gasteiger partial charge in [-0.25, -0.2) is 4.98 Å². The second kappa shape index (κ2) is 7.60. The molecular formula is C12H19N3O2. The summed E-state index contributed by atoms with van der Waals surface area (Å²) in [6.07, 6.45) is 7.41. The number of anilines is 1. The molecule has 0 fully saturated rings. The van der Waals surface area contributed by atoms with E-state index in [0.717, 1.165) is 43.7 Å². The minimum Gasteiger partial charge on any atom is -0.481 e. The Kier molecular flexibility index (Phi) is 5.99. The summed E-state index contributed by atoms with van der Waals surface area (Å²) in [6.45, 7) is 2.77. The van der Waals surface area contributed by atoms with Gasteiger partial charge in [-0.3, -0.25) is 9.78 Å². The van der Waals surface area contributed by atoms with Crippen molar-refractivity contribution in [1.29, 1.82) is 0 Å². The minimum atomic E-state index is -0.710. The summed E-state index contributed by atoms with van der Waals surface area (Å²) in [6, 6.07) is 0. The average Bonchev–Trinajstić information content (AvgIpc) is 2.30. The fraction of sp³-hybridized carbons (Fsp3) is 0.583. The van der Waals surface area contributed by atoms with E-state index in [1.54, 1.807) is 12.4 Å². The molecule has 0 bridgehead atoms. The predicted octanol–water partition coefficient (Wildman–Crippen LogP) is 2.23. The first-order valence-corrected chi connectivity index (χ1v) is 5.93. The van der Waals surface area contributed by atoms with Crippen LogP contribution in [0.1, 0.15) is 37.8 Å². The lowest BCUT2D eigenvalue weighted by Gasteiger charge is -2.06. The first-order chi connectivity index (χ1) is 8.20. The van der Waals surface area contributed by atoms with Crippen LogP contribution >= 0.6 is 0 Å². The third-order valence-corrected chi connectivity index (χ3v) is 2.49. The van der Waals surface area contributed by atoms with E-state index in [0.29, 0.717) is 0 Å². The van der Waals surface area contributed by atoms with Gasteiger partial charge in [0.15, 0.2) is 0 Å². The minimum absolute atomic E-state index is 0.275. The van der Waals surface area contributed by atoms with Crippen LogP contribution in [0.25, 0.3) is 0 Å². The monoisotopic (exact) mass is 237 g/mol. The summed E-state index contributed by atoms with van der Waals surface area (Å²) in [5.74, 6) is 0.122. The van der Waals surface area contributed by atoms with Crippen molar-refractivity contribution < 1.29 is 9.90 Å². The van der Waals surface area contributed by atoms with Crippen molar-refractivity contribution in [1.82, 2.24) is 9.97 Å². The van der Waals surface area contributed by atoms with Crippen molar-refractivity contribution in [3.63, 3.8) is 0 Å². The van der Waals surface area contributed by atoms with Crippen LogP contribution < -0.4 is 5.32 Å². The number of aliphatic carboxylic acids is 1.